The number of benzene rings is 1. The second kappa shape index (κ2) is 7.74. The van der Waals surface area contributed by atoms with Crippen molar-refractivity contribution in [3.8, 4) is 11.5 Å². The zero-order chi connectivity index (χ0) is 18.6. The molecule has 0 radical (unpaired) electrons. The monoisotopic (exact) mass is 377 g/mol. The summed E-state index contributed by atoms with van der Waals surface area (Å²) in [6.07, 6.45) is 1.08. The van der Waals surface area contributed by atoms with Gasteiger partial charge in [-0.1, -0.05) is 6.07 Å². The molecule has 0 amide bonds. The summed E-state index contributed by atoms with van der Waals surface area (Å²) in [6, 6.07) is 5.31. The normalized spacial score (nSPS) is 14.8. The molecule has 1 aromatic carbocycles. The standard InChI is InChI=1S/C16H27NO5S2/c1-7-22-15-10-13(8-9-14(15)21-5)11-24(20,16(2,3)4)17-12-23(6,18)19/h8-10H,7,11-12H2,1-6H3. The first-order valence-corrected chi connectivity index (χ1v) is 11.3. The van der Waals surface area contributed by atoms with E-state index < -0.39 is 30.2 Å². The van der Waals surface area contributed by atoms with Crippen LogP contribution >= 0.6 is 0 Å². The number of ether oxygens (including phenoxy) is 2. The third-order valence-corrected chi connectivity index (χ3v) is 7.29. The van der Waals surface area contributed by atoms with Crippen LogP contribution in [0.3, 0.4) is 0 Å². The van der Waals surface area contributed by atoms with E-state index in [1.165, 1.54) is 0 Å². The second-order valence-electron chi connectivity index (χ2n) is 6.50. The molecule has 0 saturated heterocycles. The van der Waals surface area contributed by atoms with E-state index in [1.807, 2.05) is 6.92 Å². The van der Waals surface area contributed by atoms with Crippen LogP contribution in [0.1, 0.15) is 33.3 Å². The average Bonchev–Trinajstić information content (AvgIpc) is 2.44. The second-order valence-corrected chi connectivity index (χ2v) is 11.7. The fourth-order valence-electron chi connectivity index (χ4n) is 1.94. The van der Waals surface area contributed by atoms with Crippen molar-refractivity contribution in [3.05, 3.63) is 23.8 Å². The van der Waals surface area contributed by atoms with Crippen LogP contribution in [0.25, 0.3) is 0 Å². The van der Waals surface area contributed by atoms with Crippen LogP contribution in [0.5, 0.6) is 11.5 Å². The highest BCUT2D eigenvalue weighted by Crippen LogP contribution is 2.31. The highest BCUT2D eigenvalue weighted by atomic mass is 32.2. The van der Waals surface area contributed by atoms with Gasteiger partial charge in [0, 0.05) is 11.0 Å². The van der Waals surface area contributed by atoms with Gasteiger partial charge in [0.2, 0.25) is 0 Å². The Morgan fingerprint density at radius 1 is 1.12 bits per heavy atom. The lowest BCUT2D eigenvalue weighted by Crippen LogP contribution is -2.30. The van der Waals surface area contributed by atoms with Crippen molar-refractivity contribution >= 4 is 19.6 Å². The van der Waals surface area contributed by atoms with E-state index in [0.717, 1.165) is 11.8 Å². The zero-order valence-electron chi connectivity index (χ0n) is 15.2. The minimum atomic E-state index is -3.33. The lowest BCUT2D eigenvalue weighted by Gasteiger charge is -2.25. The van der Waals surface area contributed by atoms with Gasteiger partial charge in [-0.05, 0) is 45.4 Å². The molecular weight excluding hydrogens is 350 g/mol. The molecule has 8 heteroatoms. The molecule has 0 spiro atoms. The Hall–Kier alpha value is -1.28. The van der Waals surface area contributed by atoms with Gasteiger partial charge >= 0.3 is 0 Å². The molecule has 0 heterocycles. The van der Waals surface area contributed by atoms with Gasteiger partial charge in [0.05, 0.1) is 29.2 Å². The Labute approximate surface area is 145 Å². The van der Waals surface area contributed by atoms with Gasteiger partial charge in [-0.2, -0.15) is 0 Å². The smallest absolute Gasteiger partial charge is 0.168 e. The van der Waals surface area contributed by atoms with Crippen molar-refractivity contribution < 1.29 is 22.1 Å². The van der Waals surface area contributed by atoms with Crippen LogP contribution < -0.4 is 9.47 Å². The van der Waals surface area contributed by atoms with Crippen molar-refractivity contribution in [1.82, 2.24) is 0 Å². The van der Waals surface area contributed by atoms with Crippen molar-refractivity contribution in [2.24, 2.45) is 4.36 Å². The molecule has 0 aliphatic carbocycles. The molecule has 1 unspecified atom stereocenters. The summed E-state index contributed by atoms with van der Waals surface area (Å²) >= 11 is 0. The van der Waals surface area contributed by atoms with E-state index in [0.29, 0.717) is 18.1 Å². The van der Waals surface area contributed by atoms with Crippen LogP contribution in [0, 0.1) is 0 Å². The lowest BCUT2D eigenvalue weighted by molar-refractivity contribution is 0.310. The van der Waals surface area contributed by atoms with E-state index >= 15 is 0 Å². The van der Waals surface area contributed by atoms with Crippen molar-refractivity contribution in [3.63, 3.8) is 0 Å². The van der Waals surface area contributed by atoms with Gasteiger partial charge in [-0.25, -0.2) is 17.0 Å². The Bertz CT molecular complexity index is 785. The maximum absolute atomic E-state index is 13.3. The molecule has 0 aliphatic rings. The minimum Gasteiger partial charge on any atom is -0.493 e. The summed E-state index contributed by atoms with van der Waals surface area (Å²) in [5.74, 6) is 0.861. The average molecular weight is 378 g/mol. The van der Waals surface area contributed by atoms with Crippen LogP contribution in [0.4, 0.5) is 0 Å². The topological polar surface area (TPSA) is 82.0 Å². The largest absolute Gasteiger partial charge is 0.493 e. The van der Waals surface area contributed by atoms with Crippen LogP contribution in [0.2, 0.25) is 0 Å². The predicted octanol–water partition coefficient (Wildman–Crippen LogP) is 2.86. The van der Waals surface area contributed by atoms with Gasteiger partial charge in [0.1, 0.15) is 5.88 Å². The zero-order valence-corrected chi connectivity index (χ0v) is 16.8. The van der Waals surface area contributed by atoms with E-state index in [9.17, 15) is 12.6 Å². The number of nitrogens with zero attached hydrogens (tertiary/aromatic N) is 1. The van der Waals surface area contributed by atoms with Gasteiger partial charge in [0.25, 0.3) is 0 Å². The molecule has 1 atom stereocenters. The number of sulfone groups is 1. The fraction of sp³-hybridized carbons (Fsp3) is 0.625. The summed E-state index contributed by atoms with van der Waals surface area (Å²) in [6.45, 7) is 7.75. The minimum absolute atomic E-state index is 0.149. The molecule has 0 fully saturated rings. The Balaban J connectivity index is 3.30. The van der Waals surface area contributed by atoms with Crippen molar-refractivity contribution in [1.29, 1.82) is 0 Å². The molecule has 0 saturated carbocycles. The van der Waals surface area contributed by atoms with E-state index in [4.69, 9.17) is 9.47 Å². The Morgan fingerprint density at radius 2 is 1.75 bits per heavy atom. The summed E-state index contributed by atoms with van der Waals surface area (Å²) < 4.78 is 50.4. The first-order chi connectivity index (χ1) is 10.9. The van der Waals surface area contributed by atoms with Gasteiger partial charge in [-0.3, -0.25) is 0 Å². The van der Waals surface area contributed by atoms with Crippen molar-refractivity contribution in [2.75, 3.05) is 25.8 Å². The quantitative estimate of drug-likeness (QED) is 0.730. The first kappa shape index (κ1) is 20.8. The molecular formula is C16H27NO5S2. The number of rotatable bonds is 7. The van der Waals surface area contributed by atoms with Gasteiger partial charge in [-0.15, -0.1) is 0 Å². The van der Waals surface area contributed by atoms with Crippen LogP contribution in [0.15, 0.2) is 22.6 Å². The van der Waals surface area contributed by atoms with E-state index in [1.54, 1.807) is 46.1 Å². The number of hydrogen-bond donors (Lipinski definition) is 0. The number of hydrogen-bond acceptors (Lipinski definition) is 6. The first-order valence-electron chi connectivity index (χ1n) is 7.59. The predicted molar refractivity (Wildman–Crippen MR) is 97.9 cm³/mol. The molecule has 0 aliphatic heterocycles. The summed E-state index contributed by atoms with van der Waals surface area (Å²) in [4.78, 5) is 0. The van der Waals surface area contributed by atoms with Crippen molar-refractivity contribution in [2.45, 2.75) is 38.2 Å². The lowest BCUT2D eigenvalue weighted by atomic mass is 10.2. The molecule has 0 aromatic heterocycles. The molecule has 1 rings (SSSR count). The van der Waals surface area contributed by atoms with Crippen LogP contribution in [-0.2, 0) is 25.3 Å². The SMILES string of the molecule is CCOc1cc(CS(=O)(=NCS(C)(=O)=O)C(C)(C)C)ccc1OC. The molecule has 24 heavy (non-hydrogen) atoms. The third kappa shape index (κ3) is 5.66. The molecule has 0 N–H and O–H groups in total. The molecule has 1 aromatic rings. The molecule has 138 valence electrons. The Kier molecular flexibility index (Phi) is 6.69. The summed E-state index contributed by atoms with van der Waals surface area (Å²) in [7, 11) is -4.57. The third-order valence-electron chi connectivity index (χ3n) is 3.34. The number of methoxy groups -OCH3 is 1. The maximum atomic E-state index is 13.3. The van der Waals surface area contributed by atoms with E-state index in [-0.39, 0.29) is 5.75 Å². The van der Waals surface area contributed by atoms with Crippen LogP contribution in [-0.4, -0.2) is 43.2 Å². The molecule has 0 bridgehead atoms. The summed E-state index contributed by atoms with van der Waals surface area (Å²) in [5.41, 5.74) is 0.761. The maximum Gasteiger partial charge on any atom is 0.168 e. The van der Waals surface area contributed by atoms with Gasteiger partial charge in [0.15, 0.2) is 21.3 Å². The Morgan fingerprint density at radius 3 is 2.21 bits per heavy atom. The molecule has 6 nitrogen and oxygen atoms in total. The van der Waals surface area contributed by atoms with Gasteiger partial charge < -0.3 is 9.47 Å². The fourth-order valence-corrected chi connectivity index (χ4v) is 4.93. The summed E-state index contributed by atoms with van der Waals surface area (Å²) in [5, 5.41) is 0. The highest BCUT2D eigenvalue weighted by Gasteiger charge is 2.28. The van der Waals surface area contributed by atoms with E-state index in [2.05, 4.69) is 4.36 Å². The highest BCUT2D eigenvalue weighted by molar-refractivity contribution is 7.95.